The minimum atomic E-state index is -0.0597. The van der Waals surface area contributed by atoms with Crippen LogP contribution in [-0.4, -0.2) is 33.9 Å². The van der Waals surface area contributed by atoms with E-state index in [2.05, 4.69) is 36.6 Å². The number of nitrogens with zero attached hydrogens (tertiary/aromatic N) is 3. The molecular weight excluding hydrogens is 362 g/mol. The molecule has 0 saturated carbocycles. The van der Waals surface area contributed by atoms with Gasteiger partial charge in [0.2, 0.25) is 5.95 Å². The molecule has 1 aliphatic rings. The van der Waals surface area contributed by atoms with Crippen LogP contribution < -0.4 is 10.6 Å². The molecule has 1 aliphatic heterocycles. The maximum Gasteiger partial charge on any atom is 0.225 e. The van der Waals surface area contributed by atoms with Crippen molar-refractivity contribution < 1.29 is 5.11 Å². The average Bonchev–Trinajstić information content (AvgIpc) is 2.72. The zero-order valence-electron chi connectivity index (χ0n) is 17.7. The number of nitrogens with one attached hydrogen (secondary N) is 2. The number of aliphatic imine (C=N–C) groups is 1. The third-order valence-corrected chi connectivity index (χ3v) is 5.63. The molecule has 6 heteroatoms. The van der Waals surface area contributed by atoms with Gasteiger partial charge < -0.3 is 15.7 Å². The molecule has 0 saturated heterocycles. The van der Waals surface area contributed by atoms with E-state index in [0.717, 1.165) is 42.9 Å². The highest BCUT2D eigenvalue weighted by Crippen LogP contribution is 2.33. The van der Waals surface area contributed by atoms with Gasteiger partial charge in [0.25, 0.3) is 0 Å². The predicted octanol–water partition coefficient (Wildman–Crippen LogP) is 4.58. The highest BCUT2D eigenvalue weighted by atomic mass is 16.3. The Morgan fingerprint density at radius 2 is 1.97 bits per heavy atom. The van der Waals surface area contributed by atoms with Gasteiger partial charge in [0, 0.05) is 12.8 Å². The lowest BCUT2D eigenvalue weighted by Crippen LogP contribution is -2.24. The van der Waals surface area contributed by atoms with Crippen molar-refractivity contribution in [2.45, 2.75) is 59.0 Å². The molecule has 0 amide bonds. The summed E-state index contributed by atoms with van der Waals surface area (Å²) in [6.45, 7) is 7.30. The SMILES string of the molecule is CCC(CO)Nc1nc2c(c(NCc3ccccc3)n1)/N=C\CC(C(C)C)CC2. The summed E-state index contributed by atoms with van der Waals surface area (Å²) in [6, 6.07) is 10.2. The van der Waals surface area contributed by atoms with E-state index in [4.69, 9.17) is 15.0 Å². The number of aryl methyl sites for hydroxylation is 1. The van der Waals surface area contributed by atoms with Crippen LogP contribution in [0.1, 0.15) is 51.3 Å². The quantitative estimate of drug-likeness (QED) is 0.609. The molecule has 1 aromatic carbocycles. The van der Waals surface area contributed by atoms with Crippen molar-refractivity contribution in [2.75, 3.05) is 17.2 Å². The molecule has 2 unspecified atom stereocenters. The topological polar surface area (TPSA) is 82.4 Å². The minimum absolute atomic E-state index is 0.0529. The van der Waals surface area contributed by atoms with E-state index >= 15 is 0 Å². The fraction of sp³-hybridized carbons (Fsp3) is 0.522. The zero-order chi connectivity index (χ0) is 20.6. The predicted molar refractivity (Wildman–Crippen MR) is 120 cm³/mol. The van der Waals surface area contributed by atoms with E-state index in [0.29, 0.717) is 24.3 Å². The van der Waals surface area contributed by atoms with Gasteiger partial charge in [-0.25, -0.2) is 4.98 Å². The number of aromatic nitrogens is 2. The highest BCUT2D eigenvalue weighted by molar-refractivity contribution is 5.73. The first kappa shape index (κ1) is 21.2. The molecule has 1 aromatic heterocycles. The standard InChI is InChI=1S/C23H33N5O/c1-4-19(15-29)26-23-27-20-11-10-18(16(2)3)12-13-24-21(20)22(28-23)25-14-17-8-6-5-7-9-17/h5-9,13,16,18-19,29H,4,10-12,14-15H2,1-3H3,(H2,25,26,27,28)/b24-13-. The Morgan fingerprint density at radius 1 is 1.17 bits per heavy atom. The molecule has 6 nitrogen and oxygen atoms in total. The molecule has 0 fully saturated rings. The van der Waals surface area contributed by atoms with Crippen molar-refractivity contribution in [3.8, 4) is 0 Å². The number of hydrogen-bond donors (Lipinski definition) is 3. The van der Waals surface area contributed by atoms with Crippen molar-refractivity contribution >= 4 is 23.7 Å². The molecule has 0 radical (unpaired) electrons. The third-order valence-electron chi connectivity index (χ3n) is 5.63. The lowest BCUT2D eigenvalue weighted by Gasteiger charge is -2.23. The van der Waals surface area contributed by atoms with Crippen LogP contribution in [0.2, 0.25) is 0 Å². The average molecular weight is 396 g/mol. The fourth-order valence-electron chi connectivity index (χ4n) is 3.56. The Labute approximate surface area is 173 Å². The zero-order valence-corrected chi connectivity index (χ0v) is 17.7. The summed E-state index contributed by atoms with van der Waals surface area (Å²) in [7, 11) is 0. The monoisotopic (exact) mass is 395 g/mol. The Balaban J connectivity index is 1.90. The first-order chi connectivity index (χ1) is 14.1. The summed E-state index contributed by atoms with van der Waals surface area (Å²) in [4.78, 5) is 14.2. The third kappa shape index (κ3) is 5.76. The molecule has 2 heterocycles. The summed E-state index contributed by atoms with van der Waals surface area (Å²) in [5.41, 5.74) is 2.99. The molecule has 3 rings (SSSR count). The highest BCUT2D eigenvalue weighted by Gasteiger charge is 2.20. The molecule has 29 heavy (non-hydrogen) atoms. The van der Waals surface area contributed by atoms with Crippen molar-refractivity contribution in [1.29, 1.82) is 0 Å². The Hall–Kier alpha value is -2.47. The van der Waals surface area contributed by atoms with Crippen LogP contribution in [0.15, 0.2) is 35.3 Å². The Bertz CT molecular complexity index is 802. The van der Waals surface area contributed by atoms with Gasteiger partial charge in [-0.1, -0.05) is 51.1 Å². The lowest BCUT2D eigenvalue weighted by molar-refractivity contribution is 0.271. The number of hydrogen-bond acceptors (Lipinski definition) is 6. The summed E-state index contributed by atoms with van der Waals surface area (Å²) >= 11 is 0. The maximum atomic E-state index is 9.57. The van der Waals surface area contributed by atoms with E-state index in [-0.39, 0.29) is 12.6 Å². The molecule has 2 atom stereocenters. The summed E-state index contributed by atoms with van der Waals surface area (Å²) in [5.74, 6) is 2.53. The molecular formula is C23H33N5O. The number of benzene rings is 1. The molecule has 0 bridgehead atoms. The van der Waals surface area contributed by atoms with Crippen molar-refractivity contribution in [2.24, 2.45) is 16.8 Å². The molecule has 0 spiro atoms. The van der Waals surface area contributed by atoms with E-state index in [1.165, 1.54) is 5.56 Å². The second kappa shape index (κ2) is 10.3. The summed E-state index contributed by atoms with van der Waals surface area (Å²) < 4.78 is 0. The van der Waals surface area contributed by atoms with Gasteiger partial charge in [-0.2, -0.15) is 4.98 Å². The fourth-order valence-corrected chi connectivity index (χ4v) is 3.56. The van der Waals surface area contributed by atoms with Crippen molar-refractivity contribution in [1.82, 2.24) is 9.97 Å². The van der Waals surface area contributed by atoms with Gasteiger partial charge in [0.05, 0.1) is 18.3 Å². The number of aliphatic hydroxyl groups is 1. The van der Waals surface area contributed by atoms with E-state index in [9.17, 15) is 5.11 Å². The van der Waals surface area contributed by atoms with Crippen LogP contribution in [0.5, 0.6) is 0 Å². The Morgan fingerprint density at radius 3 is 2.66 bits per heavy atom. The second-order valence-electron chi connectivity index (χ2n) is 8.05. The van der Waals surface area contributed by atoms with E-state index in [1.54, 1.807) is 0 Å². The Kier molecular flexibility index (Phi) is 7.58. The lowest BCUT2D eigenvalue weighted by atomic mass is 9.87. The number of fused-ring (bicyclic) bond motifs is 1. The molecule has 3 N–H and O–H groups in total. The molecule has 0 aliphatic carbocycles. The van der Waals surface area contributed by atoms with Gasteiger partial charge in [0.1, 0.15) is 5.69 Å². The molecule has 2 aromatic rings. The van der Waals surface area contributed by atoms with E-state index in [1.807, 2.05) is 31.3 Å². The second-order valence-corrected chi connectivity index (χ2v) is 8.05. The number of rotatable bonds is 8. The van der Waals surface area contributed by atoms with Crippen molar-refractivity contribution in [3.63, 3.8) is 0 Å². The van der Waals surface area contributed by atoms with Crippen LogP contribution >= 0.6 is 0 Å². The summed E-state index contributed by atoms with van der Waals surface area (Å²) in [6.07, 6.45) is 5.77. The van der Waals surface area contributed by atoms with E-state index < -0.39 is 0 Å². The normalized spacial score (nSPS) is 18.4. The van der Waals surface area contributed by atoms with Gasteiger partial charge in [-0.3, -0.25) is 4.99 Å². The summed E-state index contributed by atoms with van der Waals surface area (Å²) in [5, 5.41) is 16.3. The van der Waals surface area contributed by atoms with Crippen molar-refractivity contribution in [3.05, 3.63) is 41.6 Å². The van der Waals surface area contributed by atoms with Gasteiger partial charge in [-0.05, 0) is 43.1 Å². The maximum absolute atomic E-state index is 9.57. The minimum Gasteiger partial charge on any atom is -0.394 e. The van der Waals surface area contributed by atoms with Crippen LogP contribution in [-0.2, 0) is 13.0 Å². The van der Waals surface area contributed by atoms with Crippen LogP contribution in [0, 0.1) is 11.8 Å². The molecule has 156 valence electrons. The van der Waals surface area contributed by atoms with Crippen LogP contribution in [0.25, 0.3) is 0 Å². The van der Waals surface area contributed by atoms with Crippen LogP contribution in [0.3, 0.4) is 0 Å². The van der Waals surface area contributed by atoms with Crippen LogP contribution in [0.4, 0.5) is 17.5 Å². The van der Waals surface area contributed by atoms with Gasteiger partial charge >= 0.3 is 0 Å². The number of aliphatic hydroxyl groups excluding tert-OH is 1. The number of anilines is 2. The largest absolute Gasteiger partial charge is 0.394 e. The first-order valence-corrected chi connectivity index (χ1v) is 10.7. The van der Waals surface area contributed by atoms with Gasteiger partial charge in [-0.15, -0.1) is 0 Å². The van der Waals surface area contributed by atoms with Gasteiger partial charge in [0.15, 0.2) is 5.82 Å². The first-order valence-electron chi connectivity index (χ1n) is 10.7. The smallest absolute Gasteiger partial charge is 0.225 e.